The van der Waals surface area contributed by atoms with Crippen molar-refractivity contribution in [2.45, 2.75) is 28.5 Å². The molecule has 0 rings (SSSR count). The van der Waals surface area contributed by atoms with Gasteiger partial charge in [0.25, 0.3) is 0 Å². The van der Waals surface area contributed by atoms with Crippen LogP contribution >= 0.6 is 0 Å². The van der Waals surface area contributed by atoms with Crippen molar-refractivity contribution in [1.29, 1.82) is 0 Å². The summed E-state index contributed by atoms with van der Waals surface area (Å²) in [6.07, 6.45) is 1.12. The summed E-state index contributed by atoms with van der Waals surface area (Å²) in [7, 11) is 0. The van der Waals surface area contributed by atoms with Crippen LogP contribution in [0.25, 0.3) is 0 Å². The summed E-state index contributed by atoms with van der Waals surface area (Å²) in [5, 5.41) is 0. The van der Waals surface area contributed by atoms with Crippen LogP contribution in [0.15, 0.2) is 0 Å². The van der Waals surface area contributed by atoms with Crippen LogP contribution in [0.4, 0.5) is 0 Å². The Hall–Kier alpha value is 0.683. The molecule has 0 aromatic rings. The van der Waals surface area contributed by atoms with Gasteiger partial charge in [0.05, 0.1) is 0 Å². The van der Waals surface area contributed by atoms with Crippen LogP contribution in [0.3, 0.4) is 0 Å². The Labute approximate surface area is 53.2 Å². The first-order valence-corrected chi connectivity index (χ1v) is 7.31. The van der Waals surface area contributed by atoms with E-state index in [1.165, 1.54) is 0 Å². The van der Waals surface area contributed by atoms with Gasteiger partial charge in [-0.25, -0.2) is 0 Å². The first kappa shape index (κ1) is 7.68. The van der Waals surface area contributed by atoms with Gasteiger partial charge in [-0.3, -0.25) is 0 Å². The quantitative estimate of drug-likeness (QED) is 0.649. The van der Waals surface area contributed by atoms with Gasteiger partial charge in [0.15, 0.2) is 0 Å². The molecule has 0 radical (unpaired) electrons. The van der Waals surface area contributed by atoms with Gasteiger partial charge in [-0.05, 0) is 0 Å². The Kier molecular flexibility index (Phi) is 5.30. The summed E-state index contributed by atoms with van der Waals surface area (Å²) in [5.41, 5.74) is 0. The molecule has 0 unspecified atom stereocenters. The predicted molar refractivity (Wildman–Crippen MR) is 26.3 cm³/mol. The molecule has 0 heterocycles. The van der Waals surface area contributed by atoms with E-state index in [9.17, 15) is 2.81 Å². The van der Waals surface area contributed by atoms with Gasteiger partial charge in [0.2, 0.25) is 0 Å². The summed E-state index contributed by atoms with van der Waals surface area (Å²) in [4.78, 5) is 0. The second kappa shape index (κ2) is 4.83. The molecule has 42 valence electrons. The second-order valence-electron chi connectivity index (χ2n) is 1.64. The molecule has 1 nitrogen and oxygen atoms in total. The van der Waals surface area contributed by atoms with E-state index < -0.39 is 21.8 Å². The summed E-state index contributed by atoms with van der Waals surface area (Å²) in [5.74, 6) is 0. The van der Waals surface area contributed by atoms with Crippen LogP contribution in [0.2, 0.25) is 8.26 Å². The third-order valence-corrected chi connectivity index (χ3v) is 5.46. The maximum absolute atomic E-state index is 10.7. The van der Waals surface area contributed by atoms with Gasteiger partial charge in [0, 0.05) is 0 Å². The van der Waals surface area contributed by atoms with Crippen LogP contribution in [0.5, 0.6) is 0 Å². The number of hydrogen-bond acceptors (Lipinski definition) is 1. The average Bonchev–Trinajstić information content (AvgIpc) is 1.68. The van der Waals surface area contributed by atoms with Crippen molar-refractivity contribution in [3.8, 4) is 0 Å². The van der Waals surface area contributed by atoms with Crippen molar-refractivity contribution in [2.75, 3.05) is 0 Å². The second-order valence-corrected chi connectivity index (χ2v) is 7.26. The van der Waals surface area contributed by atoms with E-state index in [-0.39, 0.29) is 0 Å². The first-order valence-electron chi connectivity index (χ1n) is 2.83. The molecule has 0 saturated heterocycles. The van der Waals surface area contributed by atoms with Crippen molar-refractivity contribution in [2.24, 2.45) is 0 Å². The third kappa shape index (κ3) is 4.54. The molecule has 0 aromatic carbocycles. The Morgan fingerprint density at radius 2 is 2.00 bits per heavy atom. The zero-order valence-electron chi connectivity index (χ0n) is 5.03. The van der Waals surface area contributed by atoms with Gasteiger partial charge in [-0.1, -0.05) is 0 Å². The van der Waals surface area contributed by atoms with Crippen LogP contribution in [-0.2, 0) is 24.6 Å². The molecule has 0 aliphatic rings. The Balaban J connectivity index is 3.00. The van der Waals surface area contributed by atoms with Gasteiger partial charge >= 0.3 is 53.1 Å². The zero-order valence-corrected chi connectivity index (χ0v) is 7.49. The standard InChI is InChI=1S/C3H7.C2H5.O.Zr/c1-3-2;1-2;;/h1,3H2,2H3;1H2,2H3;;. The first-order chi connectivity index (χ1) is 3.31. The molecule has 0 amide bonds. The van der Waals surface area contributed by atoms with Crippen LogP contribution in [-0.4, -0.2) is 0 Å². The maximum atomic E-state index is 10.7. The monoisotopic (exact) mass is 178 g/mol. The van der Waals surface area contributed by atoms with Crippen molar-refractivity contribution in [3.63, 3.8) is 0 Å². The summed E-state index contributed by atoms with van der Waals surface area (Å²) in [6.45, 7) is 4.12. The van der Waals surface area contributed by atoms with E-state index in [1.54, 1.807) is 0 Å². The molecular weight excluding hydrogens is 167 g/mol. The topological polar surface area (TPSA) is 17.1 Å². The number of hydrogen-bond donors (Lipinski definition) is 0. The molecule has 0 atom stereocenters. The van der Waals surface area contributed by atoms with Gasteiger partial charge in [0.1, 0.15) is 0 Å². The van der Waals surface area contributed by atoms with E-state index in [1.807, 2.05) is 6.92 Å². The zero-order chi connectivity index (χ0) is 5.70. The number of rotatable bonds is 3. The van der Waals surface area contributed by atoms with E-state index in [0.717, 1.165) is 14.7 Å². The minimum atomic E-state index is -1.90. The summed E-state index contributed by atoms with van der Waals surface area (Å²) >= 11 is -1.90. The normalized spacial score (nSPS) is 8.86. The van der Waals surface area contributed by atoms with Crippen molar-refractivity contribution < 1.29 is 24.6 Å². The third-order valence-electron chi connectivity index (χ3n) is 0.923. The fourth-order valence-electron chi connectivity index (χ4n) is 0.456. The molecule has 0 aliphatic heterocycles. The molecule has 0 bridgehead atoms. The summed E-state index contributed by atoms with van der Waals surface area (Å²) < 4.78 is 12.7. The Morgan fingerprint density at radius 3 is 2.14 bits per heavy atom. The van der Waals surface area contributed by atoms with Crippen molar-refractivity contribution in [1.82, 2.24) is 0 Å². The van der Waals surface area contributed by atoms with Crippen LogP contribution < -0.4 is 0 Å². The van der Waals surface area contributed by atoms with Gasteiger partial charge in [-0.2, -0.15) is 0 Å². The van der Waals surface area contributed by atoms with Crippen LogP contribution in [0, 0.1) is 0 Å². The average molecular weight is 179 g/mol. The molecule has 2 heteroatoms. The van der Waals surface area contributed by atoms with Gasteiger partial charge < -0.3 is 0 Å². The predicted octanol–water partition coefficient (Wildman–Crippen LogP) is 2.22. The van der Waals surface area contributed by atoms with E-state index in [0.29, 0.717) is 0 Å². The molecule has 0 saturated carbocycles. The molecule has 0 aromatic heterocycles. The van der Waals surface area contributed by atoms with E-state index >= 15 is 0 Å². The molecule has 0 fully saturated rings. The molecular formula is C5H12OZr. The van der Waals surface area contributed by atoms with E-state index in [2.05, 4.69) is 6.92 Å². The fourth-order valence-corrected chi connectivity index (χ4v) is 2.70. The minimum absolute atomic E-state index is 0.982. The van der Waals surface area contributed by atoms with Gasteiger partial charge in [-0.15, -0.1) is 0 Å². The molecule has 0 spiro atoms. The van der Waals surface area contributed by atoms with Crippen LogP contribution in [0.1, 0.15) is 20.3 Å². The van der Waals surface area contributed by atoms with Crippen molar-refractivity contribution >= 4 is 0 Å². The molecule has 7 heavy (non-hydrogen) atoms. The Morgan fingerprint density at radius 1 is 1.43 bits per heavy atom. The SMILES string of the molecule is CC[CH2][Zr](=[O])[CH2]C. The molecule has 0 aliphatic carbocycles. The summed E-state index contributed by atoms with van der Waals surface area (Å²) in [6, 6.07) is 0. The van der Waals surface area contributed by atoms with Crippen molar-refractivity contribution in [3.05, 3.63) is 0 Å². The van der Waals surface area contributed by atoms with E-state index in [4.69, 9.17) is 0 Å². The molecule has 0 N–H and O–H groups in total. The Bertz CT molecular complexity index is 61.1. The fraction of sp³-hybridized carbons (Fsp3) is 1.00.